The lowest BCUT2D eigenvalue weighted by Gasteiger charge is -2.46. The second-order valence-electron chi connectivity index (χ2n) is 15.9. The van der Waals surface area contributed by atoms with Gasteiger partial charge in [-0.25, -0.2) is 4.79 Å². The SMILES string of the molecule is CCOC(=O)N(Cc1cccc2ccccc12)C[C@]1(O)CC[C@H]2c3ccc(cc3C(=O)c3ccccc3-c3ccccc3)C[C@@H](O)CCC(C)=CCC[C@@]21C. The van der Waals surface area contributed by atoms with E-state index in [9.17, 15) is 15.0 Å². The highest BCUT2D eigenvalue weighted by molar-refractivity contribution is 6.14. The zero-order valence-electron chi connectivity index (χ0n) is 32.3. The van der Waals surface area contributed by atoms with Gasteiger partial charge in [-0.3, -0.25) is 4.79 Å². The molecule has 0 aliphatic heterocycles. The largest absolute Gasteiger partial charge is 0.450 e. The predicted molar refractivity (Wildman–Crippen MR) is 220 cm³/mol. The van der Waals surface area contributed by atoms with Crippen molar-refractivity contribution in [2.75, 3.05) is 13.2 Å². The third kappa shape index (κ3) is 7.89. The number of allylic oxidation sites excluding steroid dienone is 2. The van der Waals surface area contributed by atoms with E-state index in [0.717, 1.165) is 51.4 Å². The van der Waals surface area contributed by atoms with Crippen molar-refractivity contribution in [3.8, 4) is 11.1 Å². The maximum atomic E-state index is 15.0. The van der Waals surface area contributed by atoms with Crippen LogP contribution in [0.15, 0.2) is 127 Å². The van der Waals surface area contributed by atoms with Gasteiger partial charge in [-0.2, -0.15) is 0 Å². The molecule has 0 saturated heterocycles. The third-order valence-electron chi connectivity index (χ3n) is 12.4. The number of benzene rings is 5. The van der Waals surface area contributed by atoms with E-state index in [4.69, 9.17) is 4.74 Å². The summed E-state index contributed by atoms with van der Waals surface area (Å²) in [7, 11) is 0. The number of fused-ring (bicyclic) bond motifs is 9. The van der Waals surface area contributed by atoms with E-state index in [1.807, 2.05) is 84.9 Å². The number of carbonyl (C=O) groups excluding carboxylic acids is 2. The Hall–Kier alpha value is -5.04. The molecule has 6 nitrogen and oxygen atoms in total. The second-order valence-corrected chi connectivity index (χ2v) is 15.9. The van der Waals surface area contributed by atoms with Crippen molar-refractivity contribution >= 4 is 22.6 Å². The number of aliphatic hydroxyl groups is 2. The average Bonchev–Trinajstić information content (AvgIpc) is 3.45. The van der Waals surface area contributed by atoms with Gasteiger partial charge in [0.15, 0.2) is 5.78 Å². The molecule has 55 heavy (non-hydrogen) atoms. The molecule has 4 atom stereocenters. The standard InChI is InChI=1S/C49H53NO5/c1-4-55-47(53)50(32-38-19-12-18-36-17-8-9-20-40(36)38)33-49(54)29-27-45-42-26-24-35(30-39(51)25-23-34(2)14-13-28-48(45,49)3)31-44(42)46(52)43-22-11-10-21-41(43)37-15-6-5-7-16-37/h5-12,14-22,24,26,31,39,45,51,54H,4,13,23,25,27-30,32-33H2,1-3H3/t39-,45-,48-,49+/m0/s1. The summed E-state index contributed by atoms with van der Waals surface area (Å²) >= 11 is 0. The summed E-state index contributed by atoms with van der Waals surface area (Å²) in [6.45, 7) is 6.68. The van der Waals surface area contributed by atoms with Crippen LogP contribution in [-0.4, -0.2) is 51.8 Å². The molecular formula is C49H53NO5. The lowest BCUT2D eigenvalue weighted by Crippen LogP contribution is -2.53. The summed E-state index contributed by atoms with van der Waals surface area (Å²) < 4.78 is 5.64. The molecule has 2 N–H and O–H groups in total. The Kier molecular flexibility index (Phi) is 11.4. The van der Waals surface area contributed by atoms with Crippen molar-refractivity contribution in [1.29, 1.82) is 0 Å². The van der Waals surface area contributed by atoms with Crippen LogP contribution < -0.4 is 0 Å². The van der Waals surface area contributed by atoms with Gasteiger partial charge in [0.25, 0.3) is 0 Å². The Balaban J connectivity index is 1.33. The molecule has 8 rings (SSSR count). The van der Waals surface area contributed by atoms with Gasteiger partial charge in [0.1, 0.15) is 0 Å². The number of ketones is 1. The lowest BCUT2D eigenvalue weighted by molar-refractivity contribution is -0.0820. The molecule has 1 saturated carbocycles. The van der Waals surface area contributed by atoms with Crippen LogP contribution in [0.5, 0.6) is 0 Å². The molecule has 0 spiro atoms. The second kappa shape index (κ2) is 16.4. The highest BCUT2D eigenvalue weighted by atomic mass is 16.6. The van der Waals surface area contributed by atoms with Gasteiger partial charge in [-0.15, -0.1) is 0 Å². The average molecular weight is 736 g/mol. The van der Waals surface area contributed by atoms with Crippen molar-refractivity contribution in [3.05, 3.63) is 155 Å². The Labute approximate surface area is 325 Å². The summed E-state index contributed by atoms with van der Waals surface area (Å²) in [4.78, 5) is 30.5. The molecule has 0 radical (unpaired) electrons. The highest BCUT2D eigenvalue weighted by Crippen LogP contribution is 2.59. The minimum atomic E-state index is -1.29. The molecule has 3 aliphatic rings. The van der Waals surface area contributed by atoms with E-state index in [0.29, 0.717) is 49.8 Å². The number of ether oxygens (including phenoxy) is 1. The first-order valence-corrected chi connectivity index (χ1v) is 19.9. The predicted octanol–water partition coefficient (Wildman–Crippen LogP) is 10.4. The van der Waals surface area contributed by atoms with Crippen molar-refractivity contribution in [1.82, 2.24) is 4.90 Å². The summed E-state index contributed by atoms with van der Waals surface area (Å²) in [5.74, 6) is -0.256. The van der Waals surface area contributed by atoms with Crippen LogP contribution in [0, 0.1) is 5.41 Å². The fourth-order valence-electron chi connectivity index (χ4n) is 9.24. The molecule has 5 aromatic carbocycles. The molecule has 0 heterocycles. The smallest absolute Gasteiger partial charge is 0.410 e. The van der Waals surface area contributed by atoms with Gasteiger partial charge in [-0.05, 0) is 109 Å². The fraction of sp³-hybridized carbons (Fsp3) is 0.347. The van der Waals surface area contributed by atoms with E-state index in [2.05, 4.69) is 50.3 Å². The summed E-state index contributed by atoms with van der Waals surface area (Å²) in [6.07, 6.45) is 5.55. The maximum absolute atomic E-state index is 15.0. The first kappa shape index (κ1) is 38.2. The van der Waals surface area contributed by atoms with Crippen LogP contribution in [0.1, 0.15) is 97.8 Å². The van der Waals surface area contributed by atoms with Crippen LogP contribution in [0.3, 0.4) is 0 Å². The third-order valence-corrected chi connectivity index (χ3v) is 12.4. The van der Waals surface area contributed by atoms with E-state index in [-0.39, 0.29) is 24.9 Å². The zero-order valence-corrected chi connectivity index (χ0v) is 32.3. The Morgan fingerprint density at radius 3 is 2.42 bits per heavy atom. The van der Waals surface area contributed by atoms with Crippen molar-refractivity contribution in [3.63, 3.8) is 0 Å². The number of hydrogen-bond donors (Lipinski definition) is 2. The normalized spacial score (nSPS) is 22.7. The fourth-order valence-corrected chi connectivity index (χ4v) is 9.24. The minimum Gasteiger partial charge on any atom is -0.450 e. The van der Waals surface area contributed by atoms with Gasteiger partial charge >= 0.3 is 6.09 Å². The van der Waals surface area contributed by atoms with E-state index < -0.39 is 23.2 Å². The summed E-state index contributed by atoms with van der Waals surface area (Å²) in [5.41, 5.74) is 5.07. The van der Waals surface area contributed by atoms with Gasteiger partial charge in [0, 0.05) is 23.1 Å². The van der Waals surface area contributed by atoms with Gasteiger partial charge in [0.2, 0.25) is 0 Å². The molecule has 0 unspecified atom stereocenters. The Bertz CT molecular complexity index is 2190. The van der Waals surface area contributed by atoms with Crippen LogP contribution in [-0.2, 0) is 17.7 Å². The van der Waals surface area contributed by atoms with Crippen molar-refractivity contribution in [2.24, 2.45) is 5.41 Å². The first-order valence-electron chi connectivity index (χ1n) is 19.9. The Morgan fingerprint density at radius 2 is 1.60 bits per heavy atom. The topological polar surface area (TPSA) is 87.1 Å². The number of amides is 1. The zero-order chi connectivity index (χ0) is 38.6. The van der Waals surface area contributed by atoms with E-state index >= 15 is 4.79 Å². The first-order chi connectivity index (χ1) is 26.6. The quantitative estimate of drug-likeness (QED) is 0.122. The van der Waals surface area contributed by atoms with Crippen LogP contribution >= 0.6 is 0 Å². The monoisotopic (exact) mass is 735 g/mol. The molecule has 0 aromatic heterocycles. The van der Waals surface area contributed by atoms with Gasteiger partial charge < -0.3 is 19.8 Å². The maximum Gasteiger partial charge on any atom is 0.410 e. The molecule has 3 aliphatic carbocycles. The summed E-state index contributed by atoms with van der Waals surface area (Å²) in [6, 6.07) is 38.1. The van der Waals surface area contributed by atoms with E-state index in [1.54, 1.807) is 11.8 Å². The van der Waals surface area contributed by atoms with E-state index in [1.165, 1.54) is 5.57 Å². The molecule has 6 heteroatoms. The van der Waals surface area contributed by atoms with Crippen LogP contribution in [0.4, 0.5) is 4.79 Å². The van der Waals surface area contributed by atoms with Gasteiger partial charge in [0.05, 0.1) is 24.9 Å². The van der Waals surface area contributed by atoms with Crippen molar-refractivity contribution < 1.29 is 24.5 Å². The highest BCUT2D eigenvalue weighted by Gasteiger charge is 2.58. The van der Waals surface area contributed by atoms with Crippen LogP contribution in [0.25, 0.3) is 21.9 Å². The molecule has 2 bridgehead atoms. The summed E-state index contributed by atoms with van der Waals surface area (Å²) in [5, 5.41) is 26.4. The molecule has 284 valence electrons. The molecule has 1 fully saturated rings. The number of aliphatic hydroxyl groups excluding tert-OH is 1. The molecule has 1 amide bonds. The number of rotatable bonds is 8. The van der Waals surface area contributed by atoms with Crippen molar-refractivity contribution in [2.45, 2.75) is 89.9 Å². The Morgan fingerprint density at radius 1 is 0.855 bits per heavy atom. The van der Waals surface area contributed by atoms with Crippen LogP contribution in [0.2, 0.25) is 0 Å². The number of nitrogens with zero attached hydrogens (tertiary/aromatic N) is 1. The number of hydrogen-bond acceptors (Lipinski definition) is 5. The molecule has 5 aromatic rings. The molecular weight excluding hydrogens is 683 g/mol. The van der Waals surface area contributed by atoms with Gasteiger partial charge in [-0.1, -0.05) is 128 Å². The lowest BCUT2D eigenvalue weighted by atomic mass is 9.64. The minimum absolute atomic E-state index is 0.0736. The number of carbonyl (C=O) groups is 2.